The van der Waals surface area contributed by atoms with Crippen molar-refractivity contribution >= 4 is 6.16 Å². The van der Waals surface area contributed by atoms with Crippen LogP contribution >= 0.6 is 0 Å². The highest BCUT2D eigenvalue weighted by Gasteiger charge is 2.17. The summed E-state index contributed by atoms with van der Waals surface area (Å²) in [7, 11) is 0. The van der Waals surface area contributed by atoms with Crippen LogP contribution in [-0.4, -0.2) is 12.8 Å². The summed E-state index contributed by atoms with van der Waals surface area (Å²) in [5.74, 6) is -0.194. The number of hydrogen-bond acceptors (Lipinski definition) is 3. The molecule has 0 aromatic heterocycles. The molecule has 3 heteroatoms. The van der Waals surface area contributed by atoms with E-state index in [0.717, 1.165) is 22.3 Å². The summed E-state index contributed by atoms with van der Waals surface area (Å²) in [6.45, 7) is 0.0240. The van der Waals surface area contributed by atoms with Gasteiger partial charge in [-0.25, -0.2) is 0 Å². The first-order chi connectivity index (χ1) is 11.8. The Bertz CT molecular complexity index is 798. The van der Waals surface area contributed by atoms with Crippen LogP contribution in [0.25, 0.3) is 11.1 Å². The molecule has 0 bridgehead atoms. The van der Waals surface area contributed by atoms with Crippen LogP contribution in [-0.2, 0) is 4.74 Å². The summed E-state index contributed by atoms with van der Waals surface area (Å²) in [6, 6.07) is 27.8. The Morgan fingerprint density at radius 1 is 0.833 bits per heavy atom. The number of ether oxygens (including phenoxy) is 1. The molecule has 0 N–H and O–H groups in total. The first kappa shape index (κ1) is 15.8. The van der Waals surface area contributed by atoms with E-state index in [1.54, 1.807) is 0 Å². The van der Waals surface area contributed by atoms with Gasteiger partial charge in [-0.15, -0.1) is 0 Å². The Morgan fingerprint density at radius 2 is 1.42 bits per heavy atom. The van der Waals surface area contributed by atoms with E-state index in [2.05, 4.69) is 0 Å². The highest BCUT2D eigenvalue weighted by Crippen LogP contribution is 2.33. The van der Waals surface area contributed by atoms with Crippen LogP contribution < -0.4 is 5.11 Å². The van der Waals surface area contributed by atoms with Gasteiger partial charge in [0.2, 0.25) is 0 Å². The summed E-state index contributed by atoms with van der Waals surface area (Å²) in [5, 5.41) is 10.8. The smallest absolute Gasteiger partial charge is 0.252 e. The lowest BCUT2D eigenvalue weighted by Crippen LogP contribution is -2.26. The Kier molecular flexibility index (Phi) is 4.92. The number of carboxylic acid groups (broad SMARTS) is 1. The summed E-state index contributed by atoms with van der Waals surface area (Å²) in [5.41, 5.74) is 4.18. The normalized spacial score (nSPS) is 11.7. The van der Waals surface area contributed by atoms with Crippen LogP contribution in [0.15, 0.2) is 84.9 Å². The molecule has 0 heterocycles. The summed E-state index contributed by atoms with van der Waals surface area (Å²) >= 11 is 0. The number of carbonyl (C=O) groups excluding carboxylic acids is 1. The average Bonchev–Trinajstić information content (AvgIpc) is 2.64. The topological polar surface area (TPSA) is 49.4 Å². The SMILES string of the molecule is O=C([O-])OCC(c1ccccc1)c1ccccc1-c1ccccc1. The maximum Gasteiger partial charge on any atom is 0.252 e. The van der Waals surface area contributed by atoms with E-state index in [-0.39, 0.29) is 12.5 Å². The molecule has 3 aromatic rings. The third-order valence-electron chi connectivity index (χ3n) is 3.99. The Balaban J connectivity index is 2.06. The van der Waals surface area contributed by atoms with E-state index in [1.165, 1.54) is 0 Å². The van der Waals surface area contributed by atoms with Crippen LogP contribution in [0.4, 0.5) is 4.79 Å². The molecule has 1 atom stereocenters. The standard InChI is InChI=1S/C21H18O3/c22-21(23)24-15-20(17-11-5-2-6-12-17)19-14-8-7-13-18(19)16-9-3-1-4-10-16/h1-14,20H,15H2,(H,22,23)/p-1. The molecule has 0 spiro atoms. The fraction of sp³-hybridized carbons (Fsp3) is 0.0952. The third-order valence-corrected chi connectivity index (χ3v) is 3.99. The molecule has 0 aliphatic rings. The average molecular weight is 317 g/mol. The van der Waals surface area contributed by atoms with Gasteiger partial charge < -0.3 is 14.6 Å². The lowest BCUT2D eigenvalue weighted by atomic mass is 9.86. The van der Waals surface area contributed by atoms with Gasteiger partial charge in [0.1, 0.15) is 0 Å². The van der Waals surface area contributed by atoms with Crippen LogP contribution in [0, 0.1) is 0 Å². The summed E-state index contributed by atoms with van der Waals surface area (Å²) < 4.78 is 4.81. The van der Waals surface area contributed by atoms with Gasteiger partial charge in [-0.1, -0.05) is 84.9 Å². The first-order valence-corrected chi connectivity index (χ1v) is 7.79. The second-order valence-corrected chi connectivity index (χ2v) is 5.48. The molecule has 0 aliphatic carbocycles. The number of hydrogen-bond donors (Lipinski definition) is 0. The predicted octanol–water partition coefficient (Wildman–Crippen LogP) is 3.85. The minimum absolute atomic E-state index is 0.0240. The van der Waals surface area contributed by atoms with Gasteiger partial charge in [-0.3, -0.25) is 0 Å². The van der Waals surface area contributed by atoms with Crippen molar-refractivity contribution in [2.24, 2.45) is 0 Å². The molecule has 0 radical (unpaired) electrons. The monoisotopic (exact) mass is 317 g/mol. The fourth-order valence-electron chi connectivity index (χ4n) is 2.88. The molecule has 3 aromatic carbocycles. The van der Waals surface area contributed by atoms with Crippen LogP contribution in [0.2, 0.25) is 0 Å². The molecule has 3 nitrogen and oxygen atoms in total. The van der Waals surface area contributed by atoms with E-state index >= 15 is 0 Å². The van der Waals surface area contributed by atoms with E-state index in [0.29, 0.717) is 0 Å². The Morgan fingerprint density at radius 3 is 2.08 bits per heavy atom. The molecule has 0 saturated carbocycles. The summed E-state index contributed by atoms with van der Waals surface area (Å²) in [4.78, 5) is 10.8. The van der Waals surface area contributed by atoms with Crippen molar-refractivity contribution < 1.29 is 14.6 Å². The molecular formula is C21H17O3-. The second kappa shape index (κ2) is 7.47. The lowest BCUT2D eigenvalue weighted by molar-refractivity contribution is -0.282. The van der Waals surface area contributed by atoms with Crippen molar-refractivity contribution in [1.29, 1.82) is 0 Å². The molecule has 0 saturated heterocycles. The number of carbonyl (C=O) groups is 1. The second-order valence-electron chi connectivity index (χ2n) is 5.48. The minimum atomic E-state index is -1.51. The molecule has 3 rings (SSSR count). The third kappa shape index (κ3) is 3.63. The van der Waals surface area contributed by atoms with Crippen molar-refractivity contribution in [3.63, 3.8) is 0 Å². The van der Waals surface area contributed by atoms with Crippen molar-refractivity contribution in [3.05, 3.63) is 96.1 Å². The molecule has 120 valence electrons. The van der Waals surface area contributed by atoms with E-state index in [4.69, 9.17) is 4.74 Å². The zero-order chi connectivity index (χ0) is 16.8. The first-order valence-electron chi connectivity index (χ1n) is 7.79. The lowest BCUT2D eigenvalue weighted by Gasteiger charge is -2.23. The fourth-order valence-corrected chi connectivity index (χ4v) is 2.88. The van der Waals surface area contributed by atoms with Gasteiger partial charge in [-0.05, 0) is 22.3 Å². The van der Waals surface area contributed by atoms with E-state index < -0.39 is 6.16 Å². The zero-order valence-electron chi connectivity index (χ0n) is 13.1. The Hall–Kier alpha value is -3.07. The van der Waals surface area contributed by atoms with Gasteiger partial charge >= 0.3 is 0 Å². The molecule has 0 amide bonds. The number of rotatable bonds is 5. The number of benzene rings is 3. The zero-order valence-corrected chi connectivity index (χ0v) is 13.1. The molecule has 0 fully saturated rings. The van der Waals surface area contributed by atoms with Crippen molar-refractivity contribution in [3.8, 4) is 11.1 Å². The van der Waals surface area contributed by atoms with Crippen molar-refractivity contribution in [1.82, 2.24) is 0 Å². The van der Waals surface area contributed by atoms with Gasteiger partial charge in [0, 0.05) is 12.5 Å². The molecular weight excluding hydrogens is 300 g/mol. The van der Waals surface area contributed by atoms with Gasteiger partial charge in [0.15, 0.2) is 0 Å². The van der Waals surface area contributed by atoms with Crippen molar-refractivity contribution in [2.45, 2.75) is 5.92 Å². The van der Waals surface area contributed by atoms with Crippen LogP contribution in [0.3, 0.4) is 0 Å². The van der Waals surface area contributed by atoms with Crippen LogP contribution in [0.5, 0.6) is 0 Å². The predicted molar refractivity (Wildman–Crippen MR) is 91.5 cm³/mol. The highest BCUT2D eigenvalue weighted by atomic mass is 16.7. The molecule has 0 aliphatic heterocycles. The van der Waals surface area contributed by atoms with E-state index in [1.807, 2.05) is 84.9 Å². The minimum Gasteiger partial charge on any atom is -0.549 e. The largest absolute Gasteiger partial charge is 0.549 e. The van der Waals surface area contributed by atoms with Crippen LogP contribution in [0.1, 0.15) is 17.0 Å². The van der Waals surface area contributed by atoms with Gasteiger partial charge in [0.05, 0.1) is 0 Å². The van der Waals surface area contributed by atoms with E-state index in [9.17, 15) is 9.90 Å². The quantitative estimate of drug-likeness (QED) is 0.672. The molecule has 24 heavy (non-hydrogen) atoms. The Labute approximate surface area is 141 Å². The maximum atomic E-state index is 10.8. The highest BCUT2D eigenvalue weighted by molar-refractivity contribution is 5.69. The van der Waals surface area contributed by atoms with Gasteiger partial charge in [-0.2, -0.15) is 0 Å². The van der Waals surface area contributed by atoms with Crippen molar-refractivity contribution in [2.75, 3.05) is 6.61 Å². The maximum absolute atomic E-state index is 10.8. The van der Waals surface area contributed by atoms with Gasteiger partial charge in [0.25, 0.3) is 6.16 Å². The summed E-state index contributed by atoms with van der Waals surface area (Å²) in [6.07, 6.45) is -1.51. The molecule has 1 unspecified atom stereocenters.